The topological polar surface area (TPSA) is 102 Å². The van der Waals surface area contributed by atoms with Crippen LogP contribution in [0.1, 0.15) is 12.5 Å². The Hall–Kier alpha value is -3.33. The third-order valence-electron chi connectivity index (χ3n) is 4.05. The molecule has 1 heterocycles. The minimum absolute atomic E-state index is 0.00389. The zero-order chi connectivity index (χ0) is 20.1. The Balaban J connectivity index is 1.55. The molecular weight excluding hydrogens is 378 g/mol. The van der Waals surface area contributed by atoms with Crippen LogP contribution in [0, 0.1) is 10.1 Å². The number of thioether (sulfide) groups is 1. The fourth-order valence-electron chi connectivity index (χ4n) is 2.64. The van der Waals surface area contributed by atoms with Crippen LogP contribution < -0.4 is 10.9 Å². The third kappa shape index (κ3) is 4.32. The molecule has 0 aliphatic rings. The molecule has 1 amide bonds. The van der Waals surface area contributed by atoms with E-state index in [1.807, 2.05) is 31.2 Å². The van der Waals surface area contributed by atoms with E-state index in [0.717, 1.165) is 22.7 Å². The number of para-hydroxylation sites is 2. The quantitative estimate of drug-likeness (QED) is 0.343. The Morgan fingerprint density at radius 3 is 2.61 bits per heavy atom. The molecule has 0 aliphatic carbocycles. The minimum atomic E-state index is -0.470. The van der Waals surface area contributed by atoms with Gasteiger partial charge in [-0.1, -0.05) is 30.5 Å². The summed E-state index contributed by atoms with van der Waals surface area (Å²) in [4.78, 5) is 26.9. The second-order valence-corrected chi connectivity index (χ2v) is 6.81. The van der Waals surface area contributed by atoms with Gasteiger partial charge in [0.15, 0.2) is 5.16 Å². The maximum Gasteiger partial charge on any atom is 0.269 e. The Bertz CT molecular complexity index is 1030. The van der Waals surface area contributed by atoms with Gasteiger partial charge in [-0.05, 0) is 36.8 Å². The van der Waals surface area contributed by atoms with E-state index in [1.165, 1.54) is 23.9 Å². The molecule has 8 nitrogen and oxygen atoms in total. The lowest BCUT2D eigenvalue weighted by Crippen LogP contribution is -2.37. The van der Waals surface area contributed by atoms with Crippen molar-refractivity contribution in [2.75, 3.05) is 5.75 Å². The standard InChI is InChI=1S/C19H19N5O3S/c1-3-23-17-7-5-4-6-16(17)20-19(23)28-12-18(25)22-21-13(2)14-8-10-15(11-9-14)24(26)27/h4-11,21H,2-3,12H2,1H3,(H,22,25). The lowest BCUT2D eigenvalue weighted by Gasteiger charge is -2.11. The number of nitro groups is 1. The highest BCUT2D eigenvalue weighted by atomic mass is 32.2. The maximum absolute atomic E-state index is 12.1. The predicted octanol–water partition coefficient (Wildman–Crippen LogP) is 3.35. The SMILES string of the molecule is C=C(NNC(=O)CSc1nc2ccccc2n1CC)c1ccc([N+](=O)[O-])cc1. The number of fused-ring (bicyclic) bond motifs is 1. The second-order valence-electron chi connectivity index (χ2n) is 5.87. The molecule has 0 saturated heterocycles. The van der Waals surface area contributed by atoms with Crippen LogP contribution in [-0.2, 0) is 11.3 Å². The van der Waals surface area contributed by atoms with E-state index in [-0.39, 0.29) is 17.3 Å². The largest absolute Gasteiger partial charge is 0.319 e. The number of nitrogens with zero attached hydrogens (tertiary/aromatic N) is 3. The number of imidazole rings is 1. The first kappa shape index (κ1) is 19.4. The van der Waals surface area contributed by atoms with E-state index in [1.54, 1.807) is 12.1 Å². The van der Waals surface area contributed by atoms with Crippen LogP contribution in [0.5, 0.6) is 0 Å². The molecular formula is C19H19N5O3S. The lowest BCUT2D eigenvalue weighted by molar-refractivity contribution is -0.384. The van der Waals surface area contributed by atoms with Gasteiger partial charge in [0.2, 0.25) is 5.91 Å². The first-order chi connectivity index (χ1) is 13.5. The summed E-state index contributed by atoms with van der Waals surface area (Å²) in [6.45, 7) is 6.63. The van der Waals surface area contributed by atoms with Crippen molar-refractivity contribution in [2.45, 2.75) is 18.6 Å². The Morgan fingerprint density at radius 1 is 1.21 bits per heavy atom. The zero-order valence-electron chi connectivity index (χ0n) is 15.2. The van der Waals surface area contributed by atoms with E-state index in [4.69, 9.17) is 0 Å². The smallest absolute Gasteiger partial charge is 0.269 e. The monoisotopic (exact) mass is 397 g/mol. The summed E-state index contributed by atoms with van der Waals surface area (Å²) < 4.78 is 2.07. The number of aryl methyl sites for hydroxylation is 1. The highest BCUT2D eigenvalue weighted by Crippen LogP contribution is 2.23. The molecule has 28 heavy (non-hydrogen) atoms. The first-order valence-electron chi connectivity index (χ1n) is 8.56. The fourth-order valence-corrected chi connectivity index (χ4v) is 3.52. The Labute approximate surface area is 165 Å². The summed E-state index contributed by atoms with van der Waals surface area (Å²) >= 11 is 1.35. The summed E-state index contributed by atoms with van der Waals surface area (Å²) in [6, 6.07) is 13.8. The summed E-state index contributed by atoms with van der Waals surface area (Å²) in [5.41, 5.74) is 8.33. The summed E-state index contributed by atoms with van der Waals surface area (Å²) in [6.07, 6.45) is 0. The number of hydrogen-bond acceptors (Lipinski definition) is 6. The van der Waals surface area contributed by atoms with Gasteiger partial charge in [-0.3, -0.25) is 25.8 Å². The number of aromatic nitrogens is 2. The molecule has 0 fully saturated rings. The van der Waals surface area contributed by atoms with Crippen molar-refractivity contribution < 1.29 is 9.72 Å². The highest BCUT2D eigenvalue weighted by Gasteiger charge is 2.12. The minimum Gasteiger partial charge on any atom is -0.319 e. The number of rotatable bonds is 8. The van der Waals surface area contributed by atoms with Crippen molar-refractivity contribution >= 4 is 40.1 Å². The molecule has 1 aromatic heterocycles. The molecule has 2 N–H and O–H groups in total. The number of benzene rings is 2. The van der Waals surface area contributed by atoms with Gasteiger partial charge in [0.05, 0.1) is 27.4 Å². The summed E-state index contributed by atoms with van der Waals surface area (Å²) in [5, 5.41) is 11.5. The molecule has 0 unspecified atom stereocenters. The van der Waals surface area contributed by atoms with Gasteiger partial charge >= 0.3 is 0 Å². The molecule has 0 aliphatic heterocycles. The maximum atomic E-state index is 12.1. The highest BCUT2D eigenvalue weighted by molar-refractivity contribution is 7.99. The first-order valence-corrected chi connectivity index (χ1v) is 9.54. The van der Waals surface area contributed by atoms with Crippen LogP contribution in [0.25, 0.3) is 16.7 Å². The molecule has 0 atom stereocenters. The average Bonchev–Trinajstić information content (AvgIpc) is 3.08. The Kier molecular flexibility index (Phi) is 5.95. The third-order valence-corrected chi connectivity index (χ3v) is 5.02. The van der Waals surface area contributed by atoms with E-state index >= 15 is 0 Å². The average molecular weight is 397 g/mol. The number of hydrogen-bond donors (Lipinski definition) is 2. The van der Waals surface area contributed by atoms with Crippen molar-refractivity contribution in [2.24, 2.45) is 0 Å². The van der Waals surface area contributed by atoms with Crippen LogP contribution in [-0.4, -0.2) is 26.1 Å². The molecule has 0 radical (unpaired) electrons. The van der Waals surface area contributed by atoms with Crippen molar-refractivity contribution in [1.82, 2.24) is 20.4 Å². The fraction of sp³-hybridized carbons (Fsp3) is 0.158. The zero-order valence-corrected chi connectivity index (χ0v) is 16.0. The summed E-state index contributed by atoms with van der Waals surface area (Å²) in [7, 11) is 0. The molecule has 3 aromatic rings. The van der Waals surface area contributed by atoms with Gasteiger partial charge in [0.25, 0.3) is 5.69 Å². The van der Waals surface area contributed by atoms with Crippen molar-refractivity contribution in [3.05, 3.63) is 70.8 Å². The molecule has 0 bridgehead atoms. The molecule has 3 rings (SSSR count). The molecule has 0 saturated carbocycles. The number of carbonyl (C=O) groups excluding carboxylic acids is 1. The van der Waals surface area contributed by atoms with Gasteiger partial charge in [-0.2, -0.15) is 0 Å². The number of non-ortho nitro benzene ring substituents is 1. The van der Waals surface area contributed by atoms with Gasteiger partial charge in [0.1, 0.15) is 0 Å². The number of nitrogens with one attached hydrogen (secondary N) is 2. The number of carbonyl (C=O) groups is 1. The second kappa shape index (κ2) is 8.57. The number of amides is 1. The van der Waals surface area contributed by atoms with Gasteiger partial charge in [0, 0.05) is 18.7 Å². The molecule has 2 aromatic carbocycles. The molecule has 144 valence electrons. The van der Waals surface area contributed by atoms with Gasteiger partial charge < -0.3 is 4.57 Å². The van der Waals surface area contributed by atoms with Gasteiger partial charge in [-0.25, -0.2) is 4.98 Å². The van der Waals surface area contributed by atoms with E-state index in [2.05, 4.69) is 27.0 Å². The van der Waals surface area contributed by atoms with E-state index < -0.39 is 4.92 Å². The normalized spacial score (nSPS) is 10.6. The van der Waals surface area contributed by atoms with Crippen LogP contribution in [0.15, 0.2) is 60.3 Å². The van der Waals surface area contributed by atoms with Crippen LogP contribution in [0.2, 0.25) is 0 Å². The van der Waals surface area contributed by atoms with E-state index in [0.29, 0.717) is 11.3 Å². The number of hydrazine groups is 1. The van der Waals surface area contributed by atoms with Crippen molar-refractivity contribution in [1.29, 1.82) is 0 Å². The molecule has 9 heteroatoms. The Morgan fingerprint density at radius 2 is 1.93 bits per heavy atom. The lowest BCUT2D eigenvalue weighted by atomic mass is 10.1. The van der Waals surface area contributed by atoms with E-state index in [9.17, 15) is 14.9 Å². The molecule has 0 spiro atoms. The van der Waals surface area contributed by atoms with Crippen molar-refractivity contribution in [3.63, 3.8) is 0 Å². The van der Waals surface area contributed by atoms with Crippen LogP contribution in [0.4, 0.5) is 5.69 Å². The van der Waals surface area contributed by atoms with Gasteiger partial charge in [-0.15, -0.1) is 0 Å². The van der Waals surface area contributed by atoms with Crippen molar-refractivity contribution in [3.8, 4) is 0 Å². The van der Waals surface area contributed by atoms with Crippen LogP contribution in [0.3, 0.4) is 0 Å². The summed E-state index contributed by atoms with van der Waals surface area (Å²) in [5.74, 6) is -0.0492. The number of nitro benzene ring substituents is 1. The van der Waals surface area contributed by atoms with Crippen LogP contribution >= 0.6 is 11.8 Å². The predicted molar refractivity (Wildman–Crippen MR) is 110 cm³/mol.